The van der Waals surface area contributed by atoms with Gasteiger partial charge in [-0.05, 0) is 12.8 Å². The molecule has 7 heteroatoms. The van der Waals surface area contributed by atoms with Crippen LogP contribution in [-0.4, -0.2) is 29.7 Å². The van der Waals surface area contributed by atoms with Crippen molar-refractivity contribution in [2.45, 2.75) is 18.9 Å². The molecule has 76 valence electrons. The molecule has 13 heavy (non-hydrogen) atoms. The van der Waals surface area contributed by atoms with Crippen LogP contribution in [0.4, 0.5) is 4.79 Å². The monoisotopic (exact) mass is 190 g/mol. The zero-order valence-corrected chi connectivity index (χ0v) is 7.12. The summed E-state index contributed by atoms with van der Waals surface area (Å²) in [5.74, 6) is 3.74. The van der Waals surface area contributed by atoms with Gasteiger partial charge in [0.2, 0.25) is 0 Å². The van der Waals surface area contributed by atoms with Crippen LogP contribution >= 0.6 is 0 Å². The average molecular weight is 190 g/mol. The van der Waals surface area contributed by atoms with E-state index in [-0.39, 0.29) is 0 Å². The molecule has 0 aromatic carbocycles. The summed E-state index contributed by atoms with van der Waals surface area (Å²) in [4.78, 5) is 20.7. The van der Waals surface area contributed by atoms with Crippen molar-refractivity contribution in [2.24, 2.45) is 11.6 Å². The first-order valence-corrected chi connectivity index (χ1v) is 3.80. The van der Waals surface area contributed by atoms with Crippen molar-refractivity contribution in [1.29, 1.82) is 0 Å². The van der Waals surface area contributed by atoms with E-state index in [0.717, 1.165) is 0 Å². The molecule has 0 saturated carbocycles. The molecule has 0 radical (unpaired) electrons. The molecule has 0 aliphatic rings. The molecular formula is C6H14N4O3. The third kappa shape index (κ3) is 5.88. The normalized spacial score (nSPS) is 11.8. The molecule has 0 rings (SSSR count). The summed E-state index contributed by atoms with van der Waals surface area (Å²) in [7, 11) is 0. The van der Waals surface area contributed by atoms with E-state index in [1.165, 1.54) is 0 Å². The van der Waals surface area contributed by atoms with Gasteiger partial charge in [-0.1, -0.05) is 0 Å². The highest BCUT2D eigenvalue weighted by molar-refractivity contribution is 5.73. The van der Waals surface area contributed by atoms with Gasteiger partial charge in [-0.2, -0.15) is 0 Å². The number of carbonyl (C=O) groups excluding carboxylic acids is 1. The van der Waals surface area contributed by atoms with Gasteiger partial charge in [0.25, 0.3) is 0 Å². The Kier molecular flexibility index (Phi) is 5.57. The molecule has 0 saturated heterocycles. The van der Waals surface area contributed by atoms with Crippen LogP contribution in [0.1, 0.15) is 12.8 Å². The number of aliphatic carboxylic acids is 1. The number of rotatable bonds is 5. The van der Waals surface area contributed by atoms with E-state index in [1.807, 2.05) is 5.43 Å². The zero-order chi connectivity index (χ0) is 10.3. The van der Waals surface area contributed by atoms with Crippen molar-refractivity contribution in [3.63, 3.8) is 0 Å². The first-order valence-electron chi connectivity index (χ1n) is 3.80. The zero-order valence-electron chi connectivity index (χ0n) is 7.12. The summed E-state index contributed by atoms with van der Waals surface area (Å²) in [5, 5.41) is 10.8. The van der Waals surface area contributed by atoms with E-state index in [0.29, 0.717) is 19.4 Å². The standard InChI is InChI=1S/C6H14N4O3/c7-4(5(11)12)2-1-3-9-6(13)10-8/h4H,1-3,7-8H2,(H,11,12)(H2,9,10,13). The molecule has 2 amide bonds. The summed E-state index contributed by atoms with van der Waals surface area (Å²) < 4.78 is 0. The predicted molar refractivity (Wildman–Crippen MR) is 45.6 cm³/mol. The minimum absolute atomic E-state index is 0.320. The number of amides is 2. The second kappa shape index (κ2) is 6.21. The second-order valence-corrected chi connectivity index (χ2v) is 2.49. The van der Waals surface area contributed by atoms with E-state index >= 15 is 0 Å². The Balaban J connectivity index is 3.35. The van der Waals surface area contributed by atoms with Gasteiger partial charge in [-0.3, -0.25) is 10.2 Å². The lowest BCUT2D eigenvalue weighted by Crippen LogP contribution is -2.40. The van der Waals surface area contributed by atoms with E-state index in [4.69, 9.17) is 16.7 Å². The Labute approximate surface area is 75.4 Å². The van der Waals surface area contributed by atoms with Crippen LogP contribution in [0.2, 0.25) is 0 Å². The van der Waals surface area contributed by atoms with Crippen LogP contribution in [0.5, 0.6) is 0 Å². The lowest BCUT2D eigenvalue weighted by atomic mass is 10.2. The van der Waals surface area contributed by atoms with Gasteiger partial charge in [-0.15, -0.1) is 0 Å². The molecule has 0 aliphatic carbocycles. The highest BCUT2D eigenvalue weighted by atomic mass is 16.4. The highest BCUT2D eigenvalue weighted by Gasteiger charge is 2.10. The molecule has 0 bridgehead atoms. The topological polar surface area (TPSA) is 130 Å². The first-order chi connectivity index (χ1) is 6.07. The largest absolute Gasteiger partial charge is 0.480 e. The fraction of sp³-hybridized carbons (Fsp3) is 0.667. The maximum Gasteiger partial charge on any atom is 0.328 e. The molecule has 1 unspecified atom stereocenters. The summed E-state index contributed by atoms with van der Waals surface area (Å²) >= 11 is 0. The lowest BCUT2D eigenvalue weighted by molar-refractivity contribution is -0.138. The van der Waals surface area contributed by atoms with Crippen LogP contribution in [0.3, 0.4) is 0 Å². The van der Waals surface area contributed by atoms with Crippen molar-refractivity contribution < 1.29 is 14.7 Å². The summed E-state index contributed by atoms with van der Waals surface area (Å²) in [5.41, 5.74) is 7.09. The number of hydrogen-bond donors (Lipinski definition) is 5. The molecule has 0 spiro atoms. The number of carboxylic acid groups (broad SMARTS) is 1. The number of hydrazine groups is 1. The predicted octanol–water partition coefficient (Wildman–Crippen LogP) is -1.65. The number of nitrogens with one attached hydrogen (secondary N) is 2. The smallest absolute Gasteiger partial charge is 0.328 e. The van der Waals surface area contributed by atoms with Gasteiger partial charge in [-0.25, -0.2) is 10.6 Å². The highest BCUT2D eigenvalue weighted by Crippen LogP contribution is 1.92. The Morgan fingerprint density at radius 3 is 2.54 bits per heavy atom. The van der Waals surface area contributed by atoms with E-state index in [1.54, 1.807) is 0 Å². The first kappa shape index (κ1) is 11.7. The third-order valence-corrected chi connectivity index (χ3v) is 1.43. The van der Waals surface area contributed by atoms with E-state index in [9.17, 15) is 9.59 Å². The van der Waals surface area contributed by atoms with Gasteiger partial charge in [0, 0.05) is 6.54 Å². The molecule has 0 aromatic heterocycles. The van der Waals surface area contributed by atoms with Gasteiger partial charge >= 0.3 is 12.0 Å². The van der Waals surface area contributed by atoms with Crippen LogP contribution in [0.25, 0.3) is 0 Å². The Hall–Kier alpha value is -1.34. The molecule has 0 aliphatic heterocycles. The number of carbonyl (C=O) groups is 2. The Morgan fingerprint density at radius 2 is 2.08 bits per heavy atom. The van der Waals surface area contributed by atoms with Crippen LogP contribution < -0.4 is 22.3 Å². The Morgan fingerprint density at radius 1 is 1.46 bits per heavy atom. The summed E-state index contributed by atoms with van der Waals surface area (Å²) in [6.07, 6.45) is 0.821. The average Bonchev–Trinajstić information content (AvgIpc) is 2.11. The van der Waals surface area contributed by atoms with Crippen molar-refractivity contribution in [2.75, 3.05) is 6.54 Å². The number of nitrogens with two attached hydrogens (primary N) is 2. The number of urea groups is 1. The van der Waals surface area contributed by atoms with Gasteiger partial charge in [0.15, 0.2) is 0 Å². The van der Waals surface area contributed by atoms with Crippen molar-refractivity contribution >= 4 is 12.0 Å². The van der Waals surface area contributed by atoms with Crippen LogP contribution in [0, 0.1) is 0 Å². The quantitative estimate of drug-likeness (QED) is 0.153. The van der Waals surface area contributed by atoms with Gasteiger partial charge in [0.05, 0.1) is 0 Å². The van der Waals surface area contributed by atoms with Crippen molar-refractivity contribution in [1.82, 2.24) is 10.7 Å². The molecule has 0 heterocycles. The van der Waals surface area contributed by atoms with E-state index in [2.05, 4.69) is 5.32 Å². The SMILES string of the molecule is NNC(=O)NCCCC(N)C(=O)O. The van der Waals surface area contributed by atoms with Crippen molar-refractivity contribution in [3.05, 3.63) is 0 Å². The molecule has 0 fully saturated rings. The van der Waals surface area contributed by atoms with E-state index < -0.39 is 18.0 Å². The minimum atomic E-state index is -1.04. The van der Waals surface area contributed by atoms with Gasteiger partial charge in [0.1, 0.15) is 6.04 Å². The number of hydrogen-bond acceptors (Lipinski definition) is 4. The fourth-order valence-electron chi connectivity index (χ4n) is 0.698. The fourth-order valence-corrected chi connectivity index (χ4v) is 0.698. The van der Waals surface area contributed by atoms with Crippen LogP contribution in [0.15, 0.2) is 0 Å². The molecule has 7 nitrogen and oxygen atoms in total. The molecular weight excluding hydrogens is 176 g/mol. The minimum Gasteiger partial charge on any atom is -0.480 e. The van der Waals surface area contributed by atoms with Crippen molar-refractivity contribution in [3.8, 4) is 0 Å². The molecule has 0 aromatic rings. The number of carboxylic acids is 1. The molecule has 7 N–H and O–H groups in total. The second-order valence-electron chi connectivity index (χ2n) is 2.49. The summed E-state index contributed by atoms with van der Waals surface area (Å²) in [6, 6.07) is -1.37. The Bertz CT molecular complexity index is 185. The van der Waals surface area contributed by atoms with Crippen LogP contribution in [-0.2, 0) is 4.79 Å². The summed E-state index contributed by atoms with van der Waals surface area (Å²) in [6.45, 7) is 0.351. The third-order valence-electron chi connectivity index (χ3n) is 1.43. The van der Waals surface area contributed by atoms with Gasteiger partial charge < -0.3 is 16.2 Å². The lowest BCUT2D eigenvalue weighted by Gasteiger charge is -2.06. The maximum absolute atomic E-state index is 10.5. The maximum atomic E-state index is 10.5. The molecule has 1 atom stereocenters.